The lowest BCUT2D eigenvalue weighted by Crippen LogP contribution is -2.12. The Morgan fingerprint density at radius 2 is 1.50 bits per heavy atom. The van der Waals surface area contributed by atoms with Crippen molar-refractivity contribution >= 4 is 23.1 Å². The van der Waals surface area contributed by atoms with E-state index in [4.69, 9.17) is 0 Å². The third-order valence-electron chi connectivity index (χ3n) is 4.23. The summed E-state index contributed by atoms with van der Waals surface area (Å²) >= 11 is 0. The van der Waals surface area contributed by atoms with Gasteiger partial charge in [-0.25, -0.2) is 18.7 Å². The van der Waals surface area contributed by atoms with Gasteiger partial charge in [-0.05, 0) is 42.5 Å². The number of hydrogen-bond donors (Lipinski definition) is 2. The van der Waals surface area contributed by atoms with Crippen LogP contribution in [0.3, 0.4) is 0 Å². The average Bonchev–Trinajstić information content (AvgIpc) is 2.74. The van der Waals surface area contributed by atoms with Crippen LogP contribution < -0.4 is 10.6 Å². The molecule has 0 saturated carbocycles. The van der Waals surface area contributed by atoms with Crippen LogP contribution in [0.1, 0.15) is 10.4 Å². The number of benzene rings is 3. The van der Waals surface area contributed by atoms with E-state index in [-0.39, 0.29) is 5.69 Å². The number of nitrogens with zero attached hydrogens (tertiary/aromatic N) is 2. The standard InChI is InChI=1S/C23H16F2N4O/c24-17-12-18(25)14-20(13-17)28-23(30)16-6-8-19(9-7-16)27-21-10-11-26-22(29-21)15-4-2-1-3-5-15/h1-14H,(H,28,30)(H,26,27,29). The Morgan fingerprint density at radius 3 is 2.20 bits per heavy atom. The highest BCUT2D eigenvalue weighted by Crippen LogP contribution is 2.20. The minimum Gasteiger partial charge on any atom is -0.340 e. The van der Waals surface area contributed by atoms with Crippen LogP contribution >= 0.6 is 0 Å². The van der Waals surface area contributed by atoms with Crippen molar-refractivity contribution in [3.8, 4) is 11.4 Å². The zero-order valence-electron chi connectivity index (χ0n) is 15.6. The maximum Gasteiger partial charge on any atom is 0.255 e. The molecule has 1 aromatic heterocycles. The summed E-state index contributed by atoms with van der Waals surface area (Å²) < 4.78 is 26.5. The van der Waals surface area contributed by atoms with E-state index >= 15 is 0 Å². The summed E-state index contributed by atoms with van der Waals surface area (Å²) in [5, 5.41) is 5.64. The minimum atomic E-state index is -0.760. The number of hydrogen-bond acceptors (Lipinski definition) is 4. The SMILES string of the molecule is O=C(Nc1cc(F)cc(F)c1)c1ccc(Nc2ccnc(-c3ccccc3)n2)cc1. The number of carbonyl (C=O) groups is 1. The van der Waals surface area contributed by atoms with E-state index in [2.05, 4.69) is 20.6 Å². The average molecular weight is 402 g/mol. The molecule has 0 fully saturated rings. The van der Waals surface area contributed by atoms with Crippen LogP contribution in [0.15, 0.2) is 85.1 Å². The van der Waals surface area contributed by atoms with Gasteiger partial charge in [0.15, 0.2) is 5.82 Å². The summed E-state index contributed by atoms with van der Waals surface area (Å²) in [6.07, 6.45) is 1.66. The largest absolute Gasteiger partial charge is 0.340 e. The van der Waals surface area contributed by atoms with Gasteiger partial charge in [0.1, 0.15) is 17.5 Å². The van der Waals surface area contributed by atoms with Crippen molar-refractivity contribution in [2.45, 2.75) is 0 Å². The fourth-order valence-electron chi connectivity index (χ4n) is 2.84. The molecular weight excluding hydrogens is 386 g/mol. The molecule has 0 saturated heterocycles. The fourth-order valence-corrected chi connectivity index (χ4v) is 2.84. The number of amides is 1. The van der Waals surface area contributed by atoms with Crippen molar-refractivity contribution in [2.24, 2.45) is 0 Å². The van der Waals surface area contributed by atoms with E-state index in [1.54, 1.807) is 36.5 Å². The van der Waals surface area contributed by atoms with Gasteiger partial charge in [-0.3, -0.25) is 4.79 Å². The summed E-state index contributed by atoms with van der Waals surface area (Å²) in [6.45, 7) is 0. The Balaban J connectivity index is 1.45. The van der Waals surface area contributed by atoms with E-state index in [0.717, 1.165) is 29.4 Å². The summed E-state index contributed by atoms with van der Waals surface area (Å²) in [6, 6.07) is 20.8. The van der Waals surface area contributed by atoms with Crippen LogP contribution in [-0.4, -0.2) is 15.9 Å². The number of nitrogens with one attached hydrogen (secondary N) is 2. The number of rotatable bonds is 5. The van der Waals surface area contributed by atoms with E-state index in [9.17, 15) is 13.6 Å². The van der Waals surface area contributed by atoms with E-state index in [1.165, 1.54) is 0 Å². The van der Waals surface area contributed by atoms with Gasteiger partial charge in [-0.1, -0.05) is 30.3 Å². The summed E-state index contributed by atoms with van der Waals surface area (Å²) in [5.74, 6) is -0.788. The van der Waals surface area contributed by atoms with Gasteiger partial charge in [0, 0.05) is 34.8 Å². The predicted octanol–water partition coefficient (Wildman–Crippen LogP) is 5.42. The highest BCUT2D eigenvalue weighted by atomic mass is 19.1. The predicted molar refractivity (Wildman–Crippen MR) is 112 cm³/mol. The molecule has 5 nitrogen and oxygen atoms in total. The fraction of sp³-hybridized carbons (Fsp3) is 0. The zero-order chi connectivity index (χ0) is 20.9. The van der Waals surface area contributed by atoms with Crippen LogP contribution in [-0.2, 0) is 0 Å². The highest BCUT2D eigenvalue weighted by Gasteiger charge is 2.09. The monoisotopic (exact) mass is 402 g/mol. The molecule has 0 unspecified atom stereocenters. The molecule has 0 bridgehead atoms. The molecule has 7 heteroatoms. The maximum atomic E-state index is 13.3. The van der Waals surface area contributed by atoms with Gasteiger partial charge in [0.25, 0.3) is 5.91 Å². The third-order valence-corrected chi connectivity index (χ3v) is 4.23. The summed E-state index contributed by atoms with van der Waals surface area (Å²) in [5.41, 5.74) is 2.02. The Labute approximate surface area is 171 Å². The van der Waals surface area contributed by atoms with Crippen molar-refractivity contribution in [1.82, 2.24) is 9.97 Å². The van der Waals surface area contributed by atoms with E-state index in [1.807, 2.05) is 30.3 Å². The van der Waals surface area contributed by atoms with Crippen molar-refractivity contribution in [3.63, 3.8) is 0 Å². The van der Waals surface area contributed by atoms with E-state index < -0.39 is 17.5 Å². The second kappa shape index (κ2) is 8.48. The molecule has 0 aliphatic carbocycles. The van der Waals surface area contributed by atoms with Crippen LogP contribution in [0.25, 0.3) is 11.4 Å². The number of aromatic nitrogens is 2. The quantitative estimate of drug-likeness (QED) is 0.468. The smallest absolute Gasteiger partial charge is 0.255 e. The molecule has 3 aromatic carbocycles. The molecule has 1 amide bonds. The molecule has 2 N–H and O–H groups in total. The normalized spacial score (nSPS) is 10.5. The van der Waals surface area contributed by atoms with Crippen molar-refractivity contribution < 1.29 is 13.6 Å². The molecule has 0 aliphatic rings. The second-order valence-corrected chi connectivity index (χ2v) is 6.45. The summed E-state index contributed by atoms with van der Waals surface area (Å²) in [4.78, 5) is 21.1. The van der Waals surface area contributed by atoms with Gasteiger partial charge in [0.2, 0.25) is 0 Å². The topological polar surface area (TPSA) is 66.9 Å². The molecule has 0 aliphatic heterocycles. The van der Waals surface area contributed by atoms with Crippen LogP contribution in [0.4, 0.5) is 26.0 Å². The van der Waals surface area contributed by atoms with Gasteiger partial charge < -0.3 is 10.6 Å². The number of anilines is 3. The summed E-state index contributed by atoms with van der Waals surface area (Å²) in [7, 11) is 0. The highest BCUT2D eigenvalue weighted by molar-refractivity contribution is 6.04. The Kier molecular flexibility index (Phi) is 5.43. The Hall–Kier alpha value is -4.13. The van der Waals surface area contributed by atoms with Crippen molar-refractivity contribution in [2.75, 3.05) is 10.6 Å². The van der Waals surface area contributed by atoms with Gasteiger partial charge in [-0.2, -0.15) is 0 Å². The van der Waals surface area contributed by atoms with Crippen LogP contribution in [0.2, 0.25) is 0 Å². The first kappa shape index (κ1) is 19.2. The lowest BCUT2D eigenvalue weighted by atomic mass is 10.2. The second-order valence-electron chi connectivity index (χ2n) is 6.45. The molecule has 4 rings (SSSR count). The zero-order valence-corrected chi connectivity index (χ0v) is 15.6. The molecule has 148 valence electrons. The Bertz CT molecular complexity index is 1160. The molecule has 4 aromatic rings. The molecular formula is C23H16F2N4O. The molecule has 30 heavy (non-hydrogen) atoms. The first-order valence-electron chi connectivity index (χ1n) is 9.10. The molecule has 0 atom stereocenters. The van der Waals surface area contributed by atoms with Gasteiger partial charge in [-0.15, -0.1) is 0 Å². The van der Waals surface area contributed by atoms with E-state index in [0.29, 0.717) is 17.2 Å². The maximum absolute atomic E-state index is 13.3. The first-order chi connectivity index (χ1) is 14.6. The van der Waals surface area contributed by atoms with Crippen LogP contribution in [0.5, 0.6) is 0 Å². The Morgan fingerprint density at radius 1 is 0.800 bits per heavy atom. The lowest BCUT2D eigenvalue weighted by molar-refractivity contribution is 0.102. The van der Waals surface area contributed by atoms with Crippen molar-refractivity contribution in [1.29, 1.82) is 0 Å². The molecule has 0 radical (unpaired) electrons. The van der Waals surface area contributed by atoms with Crippen LogP contribution in [0, 0.1) is 11.6 Å². The van der Waals surface area contributed by atoms with Gasteiger partial charge in [0.05, 0.1) is 0 Å². The van der Waals surface area contributed by atoms with Crippen molar-refractivity contribution in [3.05, 3.63) is 102 Å². The van der Waals surface area contributed by atoms with Gasteiger partial charge >= 0.3 is 0 Å². The number of carbonyl (C=O) groups excluding carboxylic acids is 1. The lowest BCUT2D eigenvalue weighted by Gasteiger charge is -2.09. The molecule has 0 spiro atoms. The first-order valence-corrected chi connectivity index (χ1v) is 9.10. The number of halogens is 2. The molecule has 1 heterocycles. The third kappa shape index (κ3) is 4.64. The minimum absolute atomic E-state index is 0.0501.